The van der Waals surface area contributed by atoms with Gasteiger partial charge in [0, 0.05) is 24.5 Å². The molecule has 29 heavy (non-hydrogen) atoms. The normalized spacial score (nSPS) is 10.8. The molecule has 1 heterocycles. The maximum absolute atomic E-state index is 13.8. The van der Waals surface area contributed by atoms with Gasteiger partial charge < -0.3 is 15.6 Å². The number of benzene rings is 2. The summed E-state index contributed by atoms with van der Waals surface area (Å²) in [6.07, 6.45) is -0.134. The van der Waals surface area contributed by atoms with Crippen molar-refractivity contribution in [3.63, 3.8) is 0 Å². The van der Waals surface area contributed by atoms with Crippen LogP contribution < -0.4 is 11.1 Å². The lowest BCUT2D eigenvalue weighted by atomic mass is 10.1. The van der Waals surface area contributed by atoms with E-state index in [-0.39, 0.29) is 30.2 Å². The number of nitrogens with two attached hydrogens (primary N) is 1. The molecule has 0 saturated carbocycles. The second-order valence-electron chi connectivity index (χ2n) is 6.20. The van der Waals surface area contributed by atoms with Gasteiger partial charge in [0.15, 0.2) is 0 Å². The molecule has 0 aliphatic carbocycles. The van der Waals surface area contributed by atoms with Gasteiger partial charge in [0.25, 0.3) is 5.91 Å². The van der Waals surface area contributed by atoms with E-state index >= 15 is 0 Å². The van der Waals surface area contributed by atoms with Gasteiger partial charge in [0.2, 0.25) is 17.6 Å². The lowest BCUT2D eigenvalue weighted by molar-refractivity contribution is -0.116. The number of hydrogen-bond donors (Lipinski definition) is 2. The van der Waals surface area contributed by atoms with Crippen LogP contribution in [0.25, 0.3) is 11.4 Å². The lowest BCUT2D eigenvalue weighted by Gasteiger charge is -2.08. The first-order valence-electron chi connectivity index (χ1n) is 8.42. The van der Waals surface area contributed by atoms with Gasteiger partial charge in [-0.25, -0.2) is 13.2 Å². The number of primary amides is 1. The Kier molecular flexibility index (Phi) is 5.62. The van der Waals surface area contributed by atoms with E-state index in [4.69, 9.17) is 10.3 Å². The number of hydrogen-bond acceptors (Lipinski definition) is 5. The summed E-state index contributed by atoms with van der Waals surface area (Å²) in [6, 6.07) is 5.76. The van der Waals surface area contributed by atoms with Crippen LogP contribution in [0.1, 0.15) is 28.2 Å². The van der Waals surface area contributed by atoms with E-state index in [9.17, 15) is 22.8 Å². The predicted molar refractivity (Wildman–Crippen MR) is 96.3 cm³/mol. The molecule has 0 spiro atoms. The highest BCUT2D eigenvalue weighted by molar-refractivity contribution is 5.96. The molecule has 0 unspecified atom stereocenters. The van der Waals surface area contributed by atoms with Gasteiger partial charge in [0.1, 0.15) is 17.5 Å². The number of nitrogens with zero attached hydrogens (tertiary/aromatic N) is 2. The number of halogens is 3. The van der Waals surface area contributed by atoms with Crippen molar-refractivity contribution in [3.8, 4) is 11.4 Å². The minimum atomic E-state index is -1.13. The first kappa shape index (κ1) is 20.1. The Morgan fingerprint density at radius 1 is 1.10 bits per heavy atom. The van der Waals surface area contributed by atoms with Gasteiger partial charge in [-0.2, -0.15) is 4.98 Å². The maximum Gasteiger partial charge on any atom is 0.251 e. The van der Waals surface area contributed by atoms with Gasteiger partial charge in [0.05, 0.1) is 11.3 Å². The molecule has 2 aromatic carbocycles. The third-order valence-corrected chi connectivity index (χ3v) is 4.06. The molecule has 3 N–H and O–H groups in total. The molecule has 0 fully saturated rings. The third-order valence-electron chi connectivity index (χ3n) is 4.06. The first-order valence-corrected chi connectivity index (χ1v) is 8.42. The van der Waals surface area contributed by atoms with Crippen LogP contribution in [0.2, 0.25) is 0 Å². The molecule has 3 rings (SSSR count). The number of aryl methyl sites for hydroxylation is 2. The highest BCUT2D eigenvalue weighted by Gasteiger charge is 2.17. The van der Waals surface area contributed by atoms with Gasteiger partial charge in [-0.1, -0.05) is 17.3 Å². The quantitative estimate of drug-likeness (QED) is 0.656. The topological polar surface area (TPSA) is 111 Å². The fraction of sp³-hybridized carbons (Fsp3) is 0.158. The summed E-state index contributed by atoms with van der Waals surface area (Å²) in [4.78, 5) is 27.3. The molecule has 7 nitrogen and oxygen atoms in total. The Labute approximate surface area is 162 Å². The summed E-state index contributed by atoms with van der Waals surface area (Å²) < 4.78 is 45.9. The van der Waals surface area contributed by atoms with Gasteiger partial charge >= 0.3 is 0 Å². The SMILES string of the molecule is Cc1ccc(-c2noc(CCC(=O)Nc3cc(C(N)=O)c(F)cc3F)n2)cc1F. The Hall–Kier alpha value is -3.69. The smallest absolute Gasteiger partial charge is 0.251 e. The standard InChI is InChI=1S/C19H15F3N4O3/c1-9-2-3-10(6-12(9)20)19-25-17(29-26-19)5-4-16(27)24-15-7-11(18(23)28)13(21)8-14(15)22/h2-3,6-8H,4-5H2,1H3,(H2,23,28)(H,24,27). The van der Waals surface area contributed by atoms with Crippen LogP contribution in [0.5, 0.6) is 0 Å². The summed E-state index contributed by atoms with van der Waals surface area (Å²) >= 11 is 0. The van der Waals surface area contributed by atoms with E-state index in [1.165, 1.54) is 6.07 Å². The van der Waals surface area contributed by atoms with Crippen molar-refractivity contribution in [2.45, 2.75) is 19.8 Å². The van der Waals surface area contributed by atoms with Crippen molar-refractivity contribution in [2.24, 2.45) is 5.73 Å². The van der Waals surface area contributed by atoms with Crippen LogP contribution in [0.3, 0.4) is 0 Å². The first-order chi connectivity index (χ1) is 13.7. The predicted octanol–water partition coefficient (Wildman–Crippen LogP) is 3.13. The zero-order valence-electron chi connectivity index (χ0n) is 15.1. The van der Waals surface area contributed by atoms with E-state index in [1.54, 1.807) is 19.1 Å². The summed E-state index contributed by atoms with van der Waals surface area (Å²) in [5, 5.41) is 5.96. The van der Waals surface area contributed by atoms with Crippen molar-refractivity contribution >= 4 is 17.5 Å². The largest absolute Gasteiger partial charge is 0.366 e. The highest BCUT2D eigenvalue weighted by atomic mass is 19.1. The molecule has 0 aliphatic rings. The molecule has 3 aromatic rings. The second-order valence-corrected chi connectivity index (χ2v) is 6.20. The molecule has 0 radical (unpaired) electrons. The third kappa shape index (κ3) is 4.60. The molecular formula is C19H15F3N4O3. The number of carbonyl (C=O) groups is 2. The zero-order valence-corrected chi connectivity index (χ0v) is 15.1. The van der Waals surface area contributed by atoms with Crippen LogP contribution in [0.15, 0.2) is 34.9 Å². The zero-order chi connectivity index (χ0) is 21.1. The van der Waals surface area contributed by atoms with E-state index in [0.29, 0.717) is 17.2 Å². The fourth-order valence-electron chi connectivity index (χ4n) is 2.47. The second kappa shape index (κ2) is 8.13. The molecule has 0 aliphatic heterocycles. The van der Waals surface area contributed by atoms with E-state index in [2.05, 4.69) is 15.5 Å². The van der Waals surface area contributed by atoms with Crippen LogP contribution in [0, 0.1) is 24.4 Å². The molecule has 150 valence electrons. The van der Waals surface area contributed by atoms with Gasteiger partial charge in [-0.05, 0) is 24.6 Å². The monoisotopic (exact) mass is 404 g/mol. The molecule has 0 atom stereocenters. The average molecular weight is 404 g/mol. The number of rotatable bonds is 6. The molecule has 0 saturated heterocycles. The molecule has 10 heteroatoms. The Bertz CT molecular complexity index is 1100. The molecular weight excluding hydrogens is 389 g/mol. The molecule has 2 amide bonds. The minimum Gasteiger partial charge on any atom is -0.366 e. The number of anilines is 1. The Morgan fingerprint density at radius 3 is 2.55 bits per heavy atom. The van der Waals surface area contributed by atoms with Crippen LogP contribution >= 0.6 is 0 Å². The van der Waals surface area contributed by atoms with E-state index in [1.807, 2.05) is 0 Å². The highest BCUT2D eigenvalue weighted by Crippen LogP contribution is 2.21. The maximum atomic E-state index is 13.8. The van der Waals surface area contributed by atoms with Gasteiger partial charge in [-0.3, -0.25) is 9.59 Å². The Morgan fingerprint density at radius 2 is 1.86 bits per heavy atom. The van der Waals surface area contributed by atoms with Crippen LogP contribution in [0.4, 0.5) is 18.9 Å². The van der Waals surface area contributed by atoms with E-state index < -0.39 is 34.8 Å². The summed E-state index contributed by atoms with van der Waals surface area (Å²) in [6.45, 7) is 1.62. The lowest BCUT2D eigenvalue weighted by Crippen LogP contribution is -2.17. The van der Waals surface area contributed by atoms with Crippen molar-refractivity contribution in [1.29, 1.82) is 0 Å². The molecule has 1 aromatic heterocycles. The summed E-state index contributed by atoms with van der Waals surface area (Å²) in [7, 11) is 0. The molecule has 0 bridgehead atoms. The van der Waals surface area contributed by atoms with Crippen LogP contribution in [-0.2, 0) is 11.2 Å². The van der Waals surface area contributed by atoms with Gasteiger partial charge in [-0.15, -0.1) is 0 Å². The number of aromatic nitrogens is 2. The van der Waals surface area contributed by atoms with Crippen molar-refractivity contribution in [2.75, 3.05) is 5.32 Å². The number of carbonyl (C=O) groups excluding carboxylic acids is 2. The van der Waals surface area contributed by atoms with Crippen molar-refractivity contribution in [3.05, 3.63) is 64.8 Å². The number of amides is 2. The summed E-state index contributed by atoms with van der Waals surface area (Å²) in [5.41, 5.74) is 4.96. The van der Waals surface area contributed by atoms with Crippen molar-refractivity contribution < 1.29 is 27.3 Å². The van der Waals surface area contributed by atoms with E-state index in [0.717, 1.165) is 6.07 Å². The minimum absolute atomic E-state index is 0.0265. The number of nitrogens with one attached hydrogen (secondary N) is 1. The van der Waals surface area contributed by atoms with Crippen LogP contribution in [-0.4, -0.2) is 22.0 Å². The average Bonchev–Trinajstić information content (AvgIpc) is 3.13. The Balaban J connectivity index is 1.64. The fourth-order valence-corrected chi connectivity index (χ4v) is 2.47. The summed E-state index contributed by atoms with van der Waals surface area (Å²) in [5.74, 6) is -4.04. The van der Waals surface area contributed by atoms with Crippen molar-refractivity contribution in [1.82, 2.24) is 10.1 Å².